The van der Waals surface area contributed by atoms with E-state index in [9.17, 15) is 4.79 Å². The number of amides is 1. The van der Waals surface area contributed by atoms with E-state index in [1.165, 1.54) is 32.1 Å². The van der Waals surface area contributed by atoms with Crippen LogP contribution in [0.2, 0.25) is 0 Å². The molecule has 1 aliphatic rings. The highest BCUT2D eigenvalue weighted by Crippen LogP contribution is 2.24. The fourth-order valence-corrected chi connectivity index (χ4v) is 2.40. The molecule has 88 valence electrons. The fraction of sp³-hybridized carbons (Fsp3) is 0.917. The van der Waals surface area contributed by atoms with Crippen molar-refractivity contribution in [3.63, 3.8) is 0 Å². The SMILES string of the molecule is CCCN(CC1CCCCC1)C(=O)CN. The van der Waals surface area contributed by atoms with Crippen LogP contribution in [0.15, 0.2) is 0 Å². The average Bonchev–Trinajstić information content (AvgIpc) is 2.29. The molecule has 0 aromatic carbocycles. The molecule has 0 unspecified atom stereocenters. The standard InChI is InChI=1S/C12H24N2O/c1-2-8-14(12(15)9-13)10-11-6-4-3-5-7-11/h11H,2-10,13H2,1H3. The molecule has 0 aromatic rings. The lowest BCUT2D eigenvalue weighted by molar-refractivity contribution is -0.130. The number of carbonyl (C=O) groups is 1. The van der Waals surface area contributed by atoms with Crippen LogP contribution in [-0.2, 0) is 4.79 Å². The third-order valence-electron chi connectivity index (χ3n) is 3.22. The average molecular weight is 212 g/mol. The number of nitrogens with zero attached hydrogens (tertiary/aromatic N) is 1. The Morgan fingerprint density at radius 3 is 2.53 bits per heavy atom. The molecule has 1 saturated carbocycles. The van der Waals surface area contributed by atoms with Gasteiger partial charge in [0.2, 0.25) is 5.91 Å². The van der Waals surface area contributed by atoms with Gasteiger partial charge in [-0.2, -0.15) is 0 Å². The van der Waals surface area contributed by atoms with Crippen LogP contribution >= 0.6 is 0 Å². The summed E-state index contributed by atoms with van der Waals surface area (Å²) in [7, 11) is 0. The van der Waals surface area contributed by atoms with Crippen LogP contribution < -0.4 is 5.73 Å². The van der Waals surface area contributed by atoms with E-state index in [1.807, 2.05) is 4.90 Å². The molecule has 0 radical (unpaired) electrons. The predicted octanol–water partition coefficient (Wildman–Crippen LogP) is 1.76. The lowest BCUT2D eigenvalue weighted by atomic mass is 9.89. The smallest absolute Gasteiger partial charge is 0.236 e. The summed E-state index contributed by atoms with van der Waals surface area (Å²) in [5.74, 6) is 0.836. The Hall–Kier alpha value is -0.570. The van der Waals surface area contributed by atoms with Gasteiger partial charge in [0.1, 0.15) is 0 Å². The Balaban J connectivity index is 2.38. The van der Waals surface area contributed by atoms with Gasteiger partial charge in [-0.05, 0) is 25.2 Å². The first-order valence-electron chi connectivity index (χ1n) is 6.25. The fourth-order valence-electron chi connectivity index (χ4n) is 2.40. The molecule has 1 amide bonds. The zero-order valence-corrected chi connectivity index (χ0v) is 9.87. The maximum absolute atomic E-state index is 11.6. The normalized spacial score (nSPS) is 17.7. The van der Waals surface area contributed by atoms with Crippen molar-refractivity contribution in [1.29, 1.82) is 0 Å². The minimum Gasteiger partial charge on any atom is -0.341 e. The van der Waals surface area contributed by atoms with E-state index in [0.717, 1.165) is 25.4 Å². The van der Waals surface area contributed by atoms with Crippen LogP contribution in [0.3, 0.4) is 0 Å². The molecule has 3 nitrogen and oxygen atoms in total. The van der Waals surface area contributed by atoms with Gasteiger partial charge in [0, 0.05) is 13.1 Å². The predicted molar refractivity (Wildman–Crippen MR) is 62.5 cm³/mol. The van der Waals surface area contributed by atoms with E-state index >= 15 is 0 Å². The van der Waals surface area contributed by atoms with Gasteiger partial charge in [0.05, 0.1) is 6.54 Å². The van der Waals surface area contributed by atoms with E-state index in [4.69, 9.17) is 5.73 Å². The Bertz CT molecular complexity index is 188. The molecule has 1 rings (SSSR count). The first kappa shape index (κ1) is 12.5. The quantitative estimate of drug-likeness (QED) is 0.755. The van der Waals surface area contributed by atoms with Crippen molar-refractivity contribution < 1.29 is 4.79 Å². The third-order valence-corrected chi connectivity index (χ3v) is 3.22. The second kappa shape index (κ2) is 6.83. The zero-order chi connectivity index (χ0) is 11.1. The third kappa shape index (κ3) is 4.20. The maximum Gasteiger partial charge on any atom is 0.236 e. The molecule has 1 aliphatic carbocycles. The highest BCUT2D eigenvalue weighted by atomic mass is 16.2. The highest BCUT2D eigenvalue weighted by molar-refractivity contribution is 5.77. The summed E-state index contributed by atoms with van der Waals surface area (Å²) >= 11 is 0. The summed E-state index contributed by atoms with van der Waals surface area (Å²) in [6.45, 7) is 4.07. The van der Waals surface area contributed by atoms with Crippen molar-refractivity contribution in [2.24, 2.45) is 11.7 Å². The molecule has 0 saturated heterocycles. The monoisotopic (exact) mass is 212 g/mol. The van der Waals surface area contributed by atoms with Crippen molar-refractivity contribution in [3.05, 3.63) is 0 Å². The van der Waals surface area contributed by atoms with Crippen molar-refractivity contribution in [2.75, 3.05) is 19.6 Å². The zero-order valence-electron chi connectivity index (χ0n) is 9.87. The van der Waals surface area contributed by atoms with E-state index in [-0.39, 0.29) is 12.5 Å². The summed E-state index contributed by atoms with van der Waals surface area (Å²) in [5, 5.41) is 0. The van der Waals surface area contributed by atoms with Crippen LogP contribution in [-0.4, -0.2) is 30.4 Å². The lowest BCUT2D eigenvalue weighted by Crippen LogP contribution is -2.40. The minimum absolute atomic E-state index is 0.113. The van der Waals surface area contributed by atoms with Gasteiger partial charge in [-0.1, -0.05) is 26.2 Å². The molecule has 0 bridgehead atoms. The molecule has 0 atom stereocenters. The molecule has 0 heterocycles. The van der Waals surface area contributed by atoms with Gasteiger partial charge in [-0.15, -0.1) is 0 Å². The molecule has 2 N–H and O–H groups in total. The molecule has 15 heavy (non-hydrogen) atoms. The van der Waals surface area contributed by atoms with Gasteiger partial charge >= 0.3 is 0 Å². The van der Waals surface area contributed by atoms with Crippen LogP contribution in [0.25, 0.3) is 0 Å². The van der Waals surface area contributed by atoms with E-state index in [2.05, 4.69) is 6.92 Å². The Morgan fingerprint density at radius 2 is 2.00 bits per heavy atom. The van der Waals surface area contributed by atoms with E-state index in [0.29, 0.717) is 0 Å². The van der Waals surface area contributed by atoms with Crippen molar-refractivity contribution in [3.8, 4) is 0 Å². The molecule has 3 heteroatoms. The van der Waals surface area contributed by atoms with Crippen molar-refractivity contribution >= 4 is 5.91 Å². The van der Waals surface area contributed by atoms with Gasteiger partial charge in [0.15, 0.2) is 0 Å². The van der Waals surface area contributed by atoms with Gasteiger partial charge in [-0.25, -0.2) is 0 Å². The molecule has 0 aromatic heterocycles. The highest BCUT2D eigenvalue weighted by Gasteiger charge is 2.19. The topological polar surface area (TPSA) is 46.3 Å². The van der Waals surface area contributed by atoms with Crippen LogP contribution in [0, 0.1) is 5.92 Å². The summed E-state index contributed by atoms with van der Waals surface area (Å²) in [6.07, 6.45) is 7.65. The lowest BCUT2D eigenvalue weighted by Gasteiger charge is -2.29. The first-order chi connectivity index (χ1) is 7.27. The second-order valence-electron chi connectivity index (χ2n) is 4.55. The van der Waals surface area contributed by atoms with E-state index < -0.39 is 0 Å². The molecule has 0 spiro atoms. The summed E-state index contributed by atoms with van der Waals surface area (Å²) in [6, 6.07) is 0. The van der Waals surface area contributed by atoms with Gasteiger partial charge < -0.3 is 10.6 Å². The molecular weight excluding hydrogens is 188 g/mol. The summed E-state index contributed by atoms with van der Waals surface area (Å²) < 4.78 is 0. The second-order valence-corrected chi connectivity index (χ2v) is 4.55. The number of carbonyl (C=O) groups excluding carboxylic acids is 1. The van der Waals surface area contributed by atoms with Gasteiger partial charge in [-0.3, -0.25) is 4.79 Å². The van der Waals surface area contributed by atoms with Crippen molar-refractivity contribution in [2.45, 2.75) is 45.4 Å². The van der Waals surface area contributed by atoms with Crippen LogP contribution in [0.5, 0.6) is 0 Å². The Kier molecular flexibility index (Phi) is 5.69. The molecule has 0 aliphatic heterocycles. The van der Waals surface area contributed by atoms with Crippen LogP contribution in [0.1, 0.15) is 45.4 Å². The molecular formula is C12H24N2O. The minimum atomic E-state index is 0.113. The number of hydrogen-bond acceptors (Lipinski definition) is 2. The van der Waals surface area contributed by atoms with E-state index in [1.54, 1.807) is 0 Å². The summed E-state index contributed by atoms with van der Waals surface area (Å²) in [5.41, 5.74) is 5.42. The number of hydrogen-bond donors (Lipinski definition) is 1. The number of nitrogens with two attached hydrogens (primary N) is 1. The largest absolute Gasteiger partial charge is 0.341 e. The Morgan fingerprint density at radius 1 is 1.33 bits per heavy atom. The first-order valence-corrected chi connectivity index (χ1v) is 6.25. The Labute approximate surface area is 93.0 Å². The van der Waals surface area contributed by atoms with Crippen molar-refractivity contribution in [1.82, 2.24) is 4.90 Å². The summed E-state index contributed by atoms with van der Waals surface area (Å²) in [4.78, 5) is 13.5. The molecule has 1 fully saturated rings. The van der Waals surface area contributed by atoms with Gasteiger partial charge in [0.25, 0.3) is 0 Å². The van der Waals surface area contributed by atoms with Crippen LogP contribution in [0.4, 0.5) is 0 Å². The maximum atomic E-state index is 11.6. The number of rotatable bonds is 5.